The van der Waals surface area contributed by atoms with Crippen molar-refractivity contribution in [3.63, 3.8) is 0 Å². The normalized spacial score (nSPS) is 12.5. The molecule has 0 aliphatic heterocycles. The number of rotatable bonds is 3. The topological polar surface area (TPSA) is 83.6 Å². The number of carboxylic acid groups (broad SMARTS) is 1. The van der Waals surface area contributed by atoms with Crippen LogP contribution in [0.4, 0.5) is 0 Å². The molecule has 82 valence electrons. The molecular weight excluding hydrogens is 194 g/mol. The van der Waals surface area contributed by atoms with Crippen LogP contribution in [-0.2, 0) is 11.2 Å². The molecule has 0 spiro atoms. The van der Waals surface area contributed by atoms with Gasteiger partial charge >= 0.3 is 5.97 Å². The average molecular weight is 209 g/mol. The number of nitrogens with two attached hydrogens (primary N) is 1. The van der Waals surface area contributed by atoms with E-state index < -0.39 is 12.0 Å². The third-order valence-corrected chi connectivity index (χ3v) is 2.33. The smallest absolute Gasteiger partial charge is 0.320 e. The van der Waals surface area contributed by atoms with Gasteiger partial charge in [-0.3, -0.25) is 4.79 Å². The summed E-state index contributed by atoms with van der Waals surface area (Å²) < 4.78 is 0. The van der Waals surface area contributed by atoms with Gasteiger partial charge in [0, 0.05) is 6.42 Å². The Morgan fingerprint density at radius 3 is 2.53 bits per heavy atom. The lowest BCUT2D eigenvalue weighted by atomic mass is 9.98. The number of phenols is 1. The van der Waals surface area contributed by atoms with E-state index in [1.54, 1.807) is 6.07 Å². The monoisotopic (exact) mass is 209 g/mol. The molecule has 0 radical (unpaired) electrons. The molecule has 4 nitrogen and oxygen atoms in total. The Labute approximate surface area is 88.3 Å². The summed E-state index contributed by atoms with van der Waals surface area (Å²) in [6.07, 6.45) is 0.146. The number of carbonyl (C=O) groups is 1. The van der Waals surface area contributed by atoms with Gasteiger partial charge in [-0.1, -0.05) is 6.07 Å². The highest BCUT2D eigenvalue weighted by molar-refractivity contribution is 5.73. The summed E-state index contributed by atoms with van der Waals surface area (Å²) in [4.78, 5) is 10.6. The molecule has 0 aliphatic carbocycles. The molecule has 0 saturated heterocycles. The minimum atomic E-state index is -1.06. The quantitative estimate of drug-likeness (QED) is 0.692. The largest absolute Gasteiger partial charge is 0.508 e. The lowest BCUT2D eigenvalue weighted by molar-refractivity contribution is -0.138. The maximum absolute atomic E-state index is 10.6. The maximum atomic E-state index is 10.6. The van der Waals surface area contributed by atoms with E-state index in [1.807, 2.05) is 19.9 Å². The van der Waals surface area contributed by atoms with Crippen LogP contribution in [0.25, 0.3) is 0 Å². The van der Waals surface area contributed by atoms with Crippen molar-refractivity contribution in [2.45, 2.75) is 26.3 Å². The van der Waals surface area contributed by atoms with Crippen LogP contribution in [0.2, 0.25) is 0 Å². The first kappa shape index (κ1) is 11.5. The number of carboxylic acids is 1. The molecule has 0 aromatic heterocycles. The SMILES string of the molecule is Cc1cc(C)c(CC(N)C(=O)O)c(O)c1. The summed E-state index contributed by atoms with van der Waals surface area (Å²) in [6.45, 7) is 3.70. The molecule has 4 N–H and O–H groups in total. The molecule has 1 aromatic carbocycles. The lowest BCUT2D eigenvalue weighted by Crippen LogP contribution is -2.32. The van der Waals surface area contributed by atoms with Gasteiger partial charge in [-0.15, -0.1) is 0 Å². The predicted octanol–water partition coefficient (Wildman–Crippen LogP) is 0.963. The average Bonchev–Trinajstić information content (AvgIpc) is 2.10. The molecule has 0 saturated carbocycles. The number of aliphatic carboxylic acids is 1. The van der Waals surface area contributed by atoms with E-state index in [4.69, 9.17) is 10.8 Å². The summed E-state index contributed by atoms with van der Waals surface area (Å²) in [5.41, 5.74) is 7.83. The lowest BCUT2D eigenvalue weighted by Gasteiger charge is -2.12. The first-order valence-corrected chi connectivity index (χ1v) is 4.69. The summed E-state index contributed by atoms with van der Waals surface area (Å²) in [5.74, 6) is -0.946. The van der Waals surface area contributed by atoms with Crippen molar-refractivity contribution in [3.8, 4) is 5.75 Å². The highest BCUT2D eigenvalue weighted by atomic mass is 16.4. The van der Waals surface area contributed by atoms with Crippen molar-refractivity contribution in [1.82, 2.24) is 0 Å². The standard InChI is InChI=1S/C11H15NO3/c1-6-3-7(2)8(10(13)4-6)5-9(12)11(14)15/h3-4,9,13H,5,12H2,1-2H3,(H,14,15). The van der Waals surface area contributed by atoms with E-state index in [0.29, 0.717) is 5.56 Å². The van der Waals surface area contributed by atoms with E-state index in [0.717, 1.165) is 11.1 Å². The minimum absolute atomic E-state index is 0.115. The van der Waals surface area contributed by atoms with E-state index >= 15 is 0 Å². The van der Waals surface area contributed by atoms with Crippen molar-refractivity contribution < 1.29 is 15.0 Å². The molecule has 0 aliphatic rings. The number of benzene rings is 1. The Hall–Kier alpha value is -1.55. The van der Waals surface area contributed by atoms with Crippen LogP contribution in [0, 0.1) is 13.8 Å². The number of hydrogen-bond donors (Lipinski definition) is 3. The van der Waals surface area contributed by atoms with Crippen molar-refractivity contribution >= 4 is 5.97 Å². The molecule has 1 atom stereocenters. The van der Waals surface area contributed by atoms with Crippen LogP contribution < -0.4 is 5.73 Å². The molecule has 0 fully saturated rings. The molecule has 0 heterocycles. The highest BCUT2D eigenvalue weighted by Gasteiger charge is 2.16. The maximum Gasteiger partial charge on any atom is 0.320 e. The van der Waals surface area contributed by atoms with Crippen molar-refractivity contribution in [2.75, 3.05) is 0 Å². The molecule has 1 unspecified atom stereocenters. The molecule has 1 aromatic rings. The first-order valence-electron chi connectivity index (χ1n) is 4.69. The number of aromatic hydroxyl groups is 1. The Morgan fingerprint density at radius 2 is 2.07 bits per heavy atom. The zero-order valence-electron chi connectivity index (χ0n) is 8.82. The van der Waals surface area contributed by atoms with Gasteiger partial charge in [0.25, 0.3) is 0 Å². The number of phenolic OH excluding ortho intramolecular Hbond substituents is 1. The molecule has 0 amide bonds. The van der Waals surface area contributed by atoms with E-state index in [2.05, 4.69) is 0 Å². The van der Waals surface area contributed by atoms with Crippen molar-refractivity contribution in [1.29, 1.82) is 0 Å². The van der Waals surface area contributed by atoms with Crippen LogP contribution in [0.15, 0.2) is 12.1 Å². The van der Waals surface area contributed by atoms with E-state index in [9.17, 15) is 9.90 Å². The molecular formula is C11H15NO3. The second-order valence-corrected chi connectivity index (χ2v) is 3.73. The van der Waals surface area contributed by atoms with Gasteiger partial charge in [-0.25, -0.2) is 0 Å². The van der Waals surface area contributed by atoms with Crippen LogP contribution >= 0.6 is 0 Å². The molecule has 1 rings (SSSR count). The zero-order valence-corrected chi connectivity index (χ0v) is 8.82. The van der Waals surface area contributed by atoms with Gasteiger partial charge < -0.3 is 15.9 Å². The summed E-state index contributed by atoms with van der Waals surface area (Å²) >= 11 is 0. The third kappa shape index (κ3) is 2.70. The van der Waals surface area contributed by atoms with Gasteiger partial charge in [-0.2, -0.15) is 0 Å². The van der Waals surface area contributed by atoms with Gasteiger partial charge in [0.1, 0.15) is 11.8 Å². The second-order valence-electron chi connectivity index (χ2n) is 3.73. The minimum Gasteiger partial charge on any atom is -0.508 e. The Kier molecular flexibility index (Phi) is 3.31. The van der Waals surface area contributed by atoms with Gasteiger partial charge in [0.15, 0.2) is 0 Å². The van der Waals surface area contributed by atoms with E-state index in [1.165, 1.54) is 0 Å². The van der Waals surface area contributed by atoms with Gasteiger partial charge in [0.2, 0.25) is 0 Å². The molecule has 4 heteroatoms. The fraction of sp³-hybridized carbons (Fsp3) is 0.364. The summed E-state index contributed by atoms with van der Waals surface area (Å²) in [5, 5.41) is 18.3. The molecule has 0 bridgehead atoms. The first-order chi connectivity index (χ1) is 6.91. The Balaban J connectivity index is 3.00. The van der Waals surface area contributed by atoms with Crippen molar-refractivity contribution in [2.24, 2.45) is 5.73 Å². The van der Waals surface area contributed by atoms with Crippen LogP contribution in [-0.4, -0.2) is 22.2 Å². The van der Waals surface area contributed by atoms with Crippen LogP contribution in [0.5, 0.6) is 5.75 Å². The third-order valence-electron chi connectivity index (χ3n) is 2.33. The van der Waals surface area contributed by atoms with Gasteiger partial charge in [0.05, 0.1) is 0 Å². The predicted molar refractivity (Wildman–Crippen MR) is 56.9 cm³/mol. The summed E-state index contributed by atoms with van der Waals surface area (Å²) in [6, 6.07) is 2.53. The Bertz CT molecular complexity index is 364. The fourth-order valence-electron chi connectivity index (χ4n) is 1.55. The van der Waals surface area contributed by atoms with E-state index in [-0.39, 0.29) is 12.2 Å². The van der Waals surface area contributed by atoms with Gasteiger partial charge in [-0.05, 0) is 36.6 Å². The Morgan fingerprint density at radius 1 is 1.47 bits per heavy atom. The second kappa shape index (κ2) is 4.31. The number of aryl methyl sites for hydroxylation is 2. The highest BCUT2D eigenvalue weighted by Crippen LogP contribution is 2.24. The zero-order chi connectivity index (χ0) is 11.6. The molecule has 15 heavy (non-hydrogen) atoms. The van der Waals surface area contributed by atoms with Crippen molar-refractivity contribution in [3.05, 3.63) is 28.8 Å². The number of hydrogen-bond acceptors (Lipinski definition) is 3. The summed E-state index contributed by atoms with van der Waals surface area (Å²) in [7, 11) is 0. The fourth-order valence-corrected chi connectivity index (χ4v) is 1.55. The van der Waals surface area contributed by atoms with Crippen LogP contribution in [0.3, 0.4) is 0 Å². The van der Waals surface area contributed by atoms with Crippen LogP contribution in [0.1, 0.15) is 16.7 Å².